The Morgan fingerprint density at radius 3 is 2.38 bits per heavy atom. The van der Waals surface area contributed by atoms with Gasteiger partial charge in [0.25, 0.3) is 0 Å². The van der Waals surface area contributed by atoms with Crippen LogP contribution in [0.25, 0.3) is 11.5 Å². The first-order valence-corrected chi connectivity index (χ1v) is 11.9. The quantitative estimate of drug-likeness (QED) is 0.410. The van der Waals surface area contributed by atoms with Crippen molar-refractivity contribution in [1.82, 2.24) is 15.0 Å². The first kappa shape index (κ1) is 23.7. The Morgan fingerprint density at radius 1 is 1.03 bits per heavy atom. The Hall–Kier alpha value is -3.48. The zero-order valence-electron chi connectivity index (χ0n) is 20.3. The molecule has 1 aromatic carbocycles. The van der Waals surface area contributed by atoms with Gasteiger partial charge in [0.05, 0.1) is 12.0 Å². The summed E-state index contributed by atoms with van der Waals surface area (Å²) in [6.45, 7) is 8.39. The van der Waals surface area contributed by atoms with E-state index in [0.717, 1.165) is 43.3 Å². The summed E-state index contributed by atoms with van der Waals surface area (Å²) in [6.07, 6.45) is 4.42. The summed E-state index contributed by atoms with van der Waals surface area (Å²) in [5.74, 6) is 2.05. The predicted molar refractivity (Wildman–Crippen MR) is 135 cm³/mol. The van der Waals surface area contributed by atoms with E-state index in [-0.39, 0.29) is 5.97 Å². The van der Waals surface area contributed by atoms with Crippen molar-refractivity contribution in [1.29, 1.82) is 0 Å². The minimum atomic E-state index is -0.487. The minimum Gasteiger partial charge on any atom is -0.465 e. The van der Waals surface area contributed by atoms with Crippen molar-refractivity contribution < 1.29 is 9.53 Å². The molecule has 7 nitrogen and oxygen atoms in total. The third kappa shape index (κ3) is 6.10. The average molecular weight is 460 g/mol. The SMILES string of the molecule is CC(C)(C)C(=O)OCCCNc1cc(N2CCc3ccccc3CC2)nc(-c2ccccn2)n1. The number of rotatable bonds is 7. The van der Waals surface area contributed by atoms with Crippen LogP contribution in [-0.2, 0) is 22.4 Å². The predicted octanol–water partition coefficient (Wildman–Crippen LogP) is 4.54. The number of esters is 1. The topological polar surface area (TPSA) is 80.2 Å². The Labute approximate surface area is 201 Å². The van der Waals surface area contributed by atoms with Gasteiger partial charge in [-0.15, -0.1) is 0 Å². The number of fused-ring (bicyclic) bond motifs is 1. The summed E-state index contributed by atoms with van der Waals surface area (Å²) in [4.78, 5) is 28.3. The maximum atomic E-state index is 12.0. The number of hydrogen-bond donors (Lipinski definition) is 1. The molecule has 1 aliphatic rings. The molecule has 0 aliphatic carbocycles. The zero-order chi connectivity index (χ0) is 24.0. The number of hydrogen-bond acceptors (Lipinski definition) is 7. The maximum absolute atomic E-state index is 12.0. The van der Waals surface area contributed by atoms with Gasteiger partial charge in [0.2, 0.25) is 0 Å². The van der Waals surface area contributed by atoms with Crippen molar-refractivity contribution in [2.24, 2.45) is 5.41 Å². The lowest BCUT2D eigenvalue weighted by molar-refractivity contribution is -0.152. The van der Waals surface area contributed by atoms with E-state index >= 15 is 0 Å². The number of anilines is 2. The summed E-state index contributed by atoms with van der Waals surface area (Å²) >= 11 is 0. The van der Waals surface area contributed by atoms with Crippen LogP contribution in [-0.4, -0.2) is 47.2 Å². The van der Waals surface area contributed by atoms with Crippen molar-refractivity contribution in [2.45, 2.75) is 40.0 Å². The fraction of sp³-hybridized carbons (Fsp3) is 0.407. The van der Waals surface area contributed by atoms with Gasteiger partial charge in [-0.05, 0) is 63.3 Å². The monoisotopic (exact) mass is 459 g/mol. The molecule has 1 N–H and O–H groups in total. The summed E-state index contributed by atoms with van der Waals surface area (Å²) in [7, 11) is 0. The van der Waals surface area contributed by atoms with Crippen LogP contribution < -0.4 is 10.2 Å². The number of carbonyl (C=O) groups excluding carboxylic acids is 1. The fourth-order valence-electron chi connectivity index (χ4n) is 3.86. The van der Waals surface area contributed by atoms with Gasteiger partial charge in [0, 0.05) is 31.9 Å². The number of pyridine rings is 1. The number of benzene rings is 1. The number of carbonyl (C=O) groups is 1. The molecule has 178 valence electrons. The Morgan fingerprint density at radius 2 is 1.74 bits per heavy atom. The van der Waals surface area contributed by atoms with Crippen LogP contribution in [0.1, 0.15) is 38.3 Å². The summed E-state index contributed by atoms with van der Waals surface area (Å²) in [5.41, 5.74) is 3.07. The molecule has 0 amide bonds. The van der Waals surface area contributed by atoms with Gasteiger partial charge in [-0.3, -0.25) is 9.78 Å². The Bertz CT molecular complexity index is 1080. The highest BCUT2D eigenvalue weighted by Crippen LogP contribution is 2.24. The molecule has 3 aromatic rings. The van der Waals surface area contributed by atoms with Crippen molar-refractivity contribution in [3.8, 4) is 11.5 Å². The molecule has 2 aromatic heterocycles. The molecule has 34 heavy (non-hydrogen) atoms. The molecule has 0 atom stereocenters. The molecular weight excluding hydrogens is 426 g/mol. The van der Waals surface area contributed by atoms with Crippen LogP contribution in [0.2, 0.25) is 0 Å². The summed E-state index contributed by atoms with van der Waals surface area (Å²) in [5, 5.41) is 3.38. The van der Waals surface area contributed by atoms with Crippen molar-refractivity contribution >= 4 is 17.6 Å². The van der Waals surface area contributed by atoms with E-state index in [0.29, 0.717) is 25.4 Å². The van der Waals surface area contributed by atoms with Crippen molar-refractivity contribution in [3.63, 3.8) is 0 Å². The Balaban J connectivity index is 1.47. The normalized spacial score (nSPS) is 13.7. The van der Waals surface area contributed by atoms with Crippen LogP contribution in [0.5, 0.6) is 0 Å². The third-order valence-electron chi connectivity index (χ3n) is 5.82. The molecule has 1 aliphatic heterocycles. The van der Waals surface area contributed by atoms with E-state index in [2.05, 4.69) is 39.5 Å². The molecule has 0 fully saturated rings. The molecular formula is C27H33N5O2. The fourth-order valence-corrected chi connectivity index (χ4v) is 3.86. The summed E-state index contributed by atoms with van der Waals surface area (Å²) in [6, 6.07) is 16.4. The van der Waals surface area contributed by atoms with Gasteiger partial charge < -0.3 is 15.0 Å². The van der Waals surface area contributed by atoms with Crippen LogP contribution >= 0.6 is 0 Å². The molecule has 3 heterocycles. The Kier molecular flexibility index (Phi) is 7.40. The number of nitrogens with one attached hydrogen (secondary N) is 1. The highest BCUT2D eigenvalue weighted by molar-refractivity contribution is 5.75. The van der Waals surface area contributed by atoms with Gasteiger partial charge in [-0.1, -0.05) is 30.3 Å². The molecule has 4 rings (SSSR count). The second-order valence-electron chi connectivity index (χ2n) is 9.57. The zero-order valence-corrected chi connectivity index (χ0v) is 20.3. The number of aromatic nitrogens is 3. The molecule has 0 saturated heterocycles. The van der Waals surface area contributed by atoms with Crippen LogP contribution in [0.3, 0.4) is 0 Å². The second kappa shape index (κ2) is 10.6. The van der Waals surface area contributed by atoms with Gasteiger partial charge in [0.1, 0.15) is 17.3 Å². The maximum Gasteiger partial charge on any atom is 0.311 e. The molecule has 0 bridgehead atoms. The van der Waals surface area contributed by atoms with Crippen LogP contribution in [0, 0.1) is 5.41 Å². The van der Waals surface area contributed by atoms with Gasteiger partial charge in [-0.2, -0.15) is 0 Å². The number of nitrogens with zero attached hydrogens (tertiary/aromatic N) is 4. The lowest BCUT2D eigenvalue weighted by atomic mass is 9.97. The molecule has 0 radical (unpaired) electrons. The van der Waals surface area contributed by atoms with E-state index in [9.17, 15) is 4.79 Å². The van der Waals surface area contributed by atoms with Crippen molar-refractivity contribution in [3.05, 3.63) is 65.9 Å². The van der Waals surface area contributed by atoms with Gasteiger partial charge in [-0.25, -0.2) is 9.97 Å². The smallest absolute Gasteiger partial charge is 0.311 e. The molecule has 0 spiro atoms. The molecule has 0 unspecified atom stereocenters. The highest BCUT2D eigenvalue weighted by Gasteiger charge is 2.22. The van der Waals surface area contributed by atoms with Crippen LogP contribution in [0.4, 0.5) is 11.6 Å². The van der Waals surface area contributed by atoms with E-state index in [4.69, 9.17) is 14.7 Å². The molecule has 7 heteroatoms. The lowest BCUT2D eigenvalue weighted by Crippen LogP contribution is -2.27. The van der Waals surface area contributed by atoms with E-state index in [1.165, 1.54) is 11.1 Å². The van der Waals surface area contributed by atoms with E-state index < -0.39 is 5.41 Å². The lowest BCUT2D eigenvalue weighted by Gasteiger charge is -2.22. The average Bonchev–Trinajstić information content (AvgIpc) is 3.06. The van der Waals surface area contributed by atoms with E-state index in [1.54, 1.807) is 6.20 Å². The first-order valence-electron chi connectivity index (χ1n) is 11.9. The second-order valence-corrected chi connectivity index (χ2v) is 9.57. The van der Waals surface area contributed by atoms with Crippen molar-refractivity contribution in [2.75, 3.05) is 36.5 Å². The summed E-state index contributed by atoms with van der Waals surface area (Å²) < 4.78 is 5.37. The standard InChI is InChI=1S/C27H33N5O2/c1-27(2,3)26(33)34-18-8-15-29-23-19-24(31-25(30-23)22-11-6-7-14-28-22)32-16-12-20-9-4-5-10-21(20)13-17-32/h4-7,9-11,14,19H,8,12-13,15-18H2,1-3H3,(H,29,30,31). The van der Waals surface area contributed by atoms with E-state index in [1.807, 2.05) is 45.0 Å². The number of ether oxygens (including phenoxy) is 1. The third-order valence-corrected chi connectivity index (χ3v) is 5.82. The molecule has 0 saturated carbocycles. The van der Waals surface area contributed by atoms with Gasteiger partial charge in [0.15, 0.2) is 5.82 Å². The highest BCUT2D eigenvalue weighted by atomic mass is 16.5. The van der Waals surface area contributed by atoms with Gasteiger partial charge >= 0.3 is 5.97 Å². The largest absolute Gasteiger partial charge is 0.465 e. The minimum absolute atomic E-state index is 0.184. The first-order chi connectivity index (χ1) is 16.4. The van der Waals surface area contributed by atoms with Crippen LogP contribution in [0.15, 0.2) is 54.7 Å².